The molecule has 0 aliphatic heterocycles. The maximum atomic E-state index is 9.49. The van der Waals surface area contributed by atoms with Crippen molar-refractivity contribution in [3.05, 3.63) is 12.2 Å². The topological polar surface area (TPSA) is 27.0 Å². The Kier molecular flexibility index (Phi) is 3.35. The summed E-state index contributed by atoms with van der Waals surface area (Å²) in [6, 6.07) is 2.63. The minimum absolute atomic E-state index is 0.0397. The number of hydrogen-bond donors (Lipinski definition) is 0. The molecule has 3 atom stereocenters. The molecule has 2 nitrogen and oxygen atoms in total. The van der Waals surface area contributed by atoms with Gasteiger partial charge in [-0.3, -0.25) is 0 Å². The van der Waals surface area contributed by atoms with Gasteiger partial charge in [-0.25, -0.2) is 0 Å². The molecule has 2 aliphatic rings. The lowest BCUT2D eigenvalue weighted by Gasteiger charge is -2.30. The maximum Gasteiger partial charge on any atom is 0.0696 e. The molecule has 88 valence electrons. The van der Waals surface area contributed by atoms with Gasteiger partial charge in [0.2, 0.25) is 0 Å². The van der Waals surface area contributed by atoms with Gasteiger partial charge in [0.15, 0.2) is 0 Å². The standard InChI is InChI=1S/C14H22N2/c1-3-16(4-2)8-7-14(11-15)10-12-5-6-13(14)9-12/h5-6,12-13H,3-4,7-10H2,1-2H3/t12-,13-,14-/m0/s1. The van der Waals surface area contributed by atoms with E-state index in [9.17, 15) is 5.26 Å². The molecule has 0 aromatic rings. The number of hydrogen-bond acceptors (Lipinski definition) is 2. The van der Waals surface area contributed by atoms with Crippen LogP contribution >= 0.6 is 0 Å². The Morgan fingerprint density at radius 1 is 1.38 bits per heavy atom. The fraction of sp³-hybridized carbons (Fsp3) is 0.786. The zero-order chi connectivity index (χ0) is 11.6. The molecule has 2 aliphatic carbocycles. The molecule has 0 radical (unpaired) electrons. The molecule has 0 spiro atoms. The lowest BCUT2D eigenvalue weighted by Crippen LogP contribution is -2.32. The molecule has 2 heteroatoms. The molecular weight excluding hydrogens is 196 g/mol. The van der Waals surface area contributed by atoms with Gasteiger partial charge in [0.1, 0.15) is 0 Å². The first kappa shape index (κ1) is 11.7. The van der Waals surface area contributed by atoms with Crippen LogP contribution in [0.3, 0.4) is 0 Å². The predicted molar refractivity (Wildman–Crippen MR) is 65.8 cm³/mol. The highest BCUT2D eigenvalue weighted by Crippen LogP contribution is 2.53. The monoisotopic (exact) mass is 218 g/mol. The minimum atomic E-state index is -0.0397. The summed E-state index contributed by atoms with van der Waals surface area (Å²) in [5.74, 6) is 1.24. The predicted octanol–water partition coefficient (Wildman–Crippen LogP) is 2.82. The van der Waals surface area contributed by atoms with E-state index in [0.29, 0.717) is 11.8 Å². The molecule has 0 aromatic heterocycles. The van der Waals surface area contributed by atoms with Crippen molar-refractivity contribution >= 4 is 0 Å². The van der Waals surface area contributed by atoms with E-state index in [1.807, 2.05) is 0 Å². The third-order valence-electron chi connectivity index (χ3n) is 4.50. The Bertz CT molecular complexity index is 311. The summed E-state index contributed by atoms with van der Waals surface area (Å²) in [5.41, 5.74) is -0.0397. The summed E-state index contributed by atoms with van der Waals surface area (Å²) in [6.07, 6.45) is 7.99. The van der Waals surface area contributed by atoms with Gasteiger partial charge in [-0.05, 0) is 50.7 Å². The number of fused-ring (bicyclic) bond motifs is 2. The molecule has 1 fully saturated rings. The third kappa shape index (κ3) is 1.89. The first-order valence-electron chi connectivity index (χ1n) is 6.56. The summed E-state index contributed by atoms with van der Waals surface area (Å²) in [5, 5.41) is 9.49. The van der Waals surface area contributed by atoms with Crippen molar-refractivity contribution in [1.82, 2.24) is 4.90 Å². The van der Waals surface area contributed by atoms with E-state index in [0.717, 1.165) is 32.5 Å². The lowest BCUT2D eigenvalue weighted by molar-refractivity contribution is 0.221. The van der Waals surface area contributed by atoms with Crippen molar-refractivity contribution in [3.63, 3.8) is 0 Å². The molecule has 2 rings (SSSR count). The van der Waals surface area contributed by atoms with E-state index in [-0.39, 0.29) is 5.41 Å². The van der Waals surface area contributed by atoms with Crippen molar-refractivity contribution in [1.29, 1.82) is 5.26 Å². The average Bonchev–Trinajstić information content (AvgIpc) is 2.91. The fourth-order valence-corrected chi connectivity index (χ4v) is 3.32. The second-order valence-electron chi connectivity index (χ2n) is 5.24. The number of nitrogens with zero attached hydrogens (tertiary/aromatic N) is 2. The Labute approximate surface area is 98.9 Å². The molecule has 0 unspecified atom stereocenters. The van der Waals surface area contributed by atoms with Crippen LogP contribution in [0, 0.1) is 28.6 Å². The third-order valence-corrected chi connectivity index (χ3v) is 4.50. The smallest absolute Gasteiger partial charge is 0.0696 e. The van der Waals surface area contributed by atoms with Gasteiger partial charge in [-0.1, -0.05) is 26.0 Å². The van der Waals surface area contributed by atoms with Crippen LogP contribution in [-0.2, 0) is 0 Å². The Balaban J connectivity index is 1.97. The van der Waals surface area contributed by atoms with Crippen molar-refractivity contribution < 1.29 is 0 Å². The summed E-state index contributed by atoms with van der Waals surface area (Å²) >= 11 is 0. The highest BCUT2D eigenvalue weighted by atomic mass is 15.1. The summed E-state index contributed by atoms with van der Waals surface area (Å²) < 4.78 is 0. The van der Waals surface area contributed by atoms with Crippen LogP contribution in [0.4, 0.5) is 0 Å². The van der Waals surface area contributed by atoms with Gasteiger partial charge in [-0.15, -0.1) is 0 Å². The van der Waals surface area contributed by atoms with Crippen LogP contribution < -0.4 is 0 Å². The number of allylic oxidation sites excluding steroid dienone is 2. The Hall–Kier alpha value is -0.810. The molecular formula is C14H22N2. The van der Waals surface area contributed by atoms with E-state index in [2.05, 4.69) is 37.0 Å². The molecule has 0 N–H and O–H groups in total. The molecule has 2 bridgehead atoms. The summed E-state index contributed by atoms with van der Waals surface area (Å²) in [6.45, 7) is 7.67. The molecule has 0 saturated heterocycles. The molecule has 0 aromatic carbocycles. The molecule has 1 saturated carbocycles. The largest absolute Gasteiger partial charge is 0.304 e. The Morgan fingerprint density at radius 2 is 2.12 bits per heavy atom. The van der Waals surface area contributed by atoms with Crippen LogP contribution in [0.25, 0.3) is 0 Å². The van der Waals surface area contributed by atoms with Gasteiger partial charge >= 0.3 is 0 Å². The van der Waals surface area contributed by atoms with Crippen LogP contribution in [0.1, 0.15) is 33.1 Å². The number of nitriles is 1. The molecule has 0 heterocycles. The normalized spacial score (nSPS) is 35.9. The van der Waals surface area contributed by atoms with Crippen molar-refractivity contribution in [2.75, 3.05) is 19.6 Å². The van der Waals surface area contributed by atoms with Crippen molar-refractivity contribution in [3.8, 4) is 6.07 Å². The second kappa shape index (κ2) is 4.59. The van der Waals surface area contributed by atoms with Crippen molar-refractivity contribution in [2.45, 2.75) is 33.1 Å². The first-order chi connectivity index (χ1) is 7.74. The van der Waals surface area contributed by atoms with E-state index >= 15 is 0 Å². The lowest BCUT2D eigenvalue weighted by atomic mass is 9.74. The van der Waals surface area contributed by atoms with E-state index in [4.69, 9.17) is 0 Å². The first-order valence-corrected chi connectivity index (χ1v) is 6.56. The van der Waals surface area contributed by atoms with Gasteiger partial charge in [-0.2, -0.15) is 5.26 Å². The molecule has 16 heavy (non-hydrogen) atoms. The van der Waals surface area contributed by atoms with E-state index in [1.54, 1.807) is 0 Å². The Morgan fingerprint density at radius 3 is 2.56 bits per heavy atom. The van der Waals surface area contributed by atoms with E-state index in [1.165, 1.54) is 6.42 Å². The highest BCUT2D eigenvalue weighted by molar-refractivity contribution is 5.22. The van der Waals surface area contributed by atoms with Gasteiger partial charge < -0.3 is 4.90 Å². The summed E-state index contributed by atoms with van der Waals surface area (Å²) in [7, 11) is 0. The average molecular weight is 218 g/mol. The van der Waals surface area contributed by atoms with Gasteiger partial charge in [0, 0.05) is 0 Å². The molecule has 0 amide bonds. The van der Waals surface area contributed by atoms with Crippen LogP contribution in [0.15, 0.2) is 12.2 Å². The van der Waals surface area contributed by atoms with Crippen LogP contribution in [0.5, 0.6) is 0 Å². The second-order valence-corrected chi connectivity index (χ2v) is 5.24. The van der Waals surface area contributed by atoms with Crippen LogP contribution in [-0.4, -0.2) is 24.5 Å². The quantitative estimate of drug-likeness (QED) is 0.663. The fourth-order valence-electron chi connectivity index (χ4n) is 3.32. The zero-order valence-electron chi connectivity index (χ0n) is 10.4. The van der Waals surface area contributed by atoms with Gasteiger partial charge in [0.25, 0.3) is 0 Å². The highest BCUT2D eigenvalue weighted by Gasteiger charge is 2.48. The number of rotatable bonds is 5. The van der Waals surface area contributed by atoms with E-state index < -0.39 is 0 Å². The maximum absolute atomic E-state index is 9.49. The minimum Gasteiger partial charge on any atom is -0.304 e. The van der Waals surface area contributed by atoms with Gasteiger partial charge in [0.05, 0.1) is 11.5 Å². The van der Waals surface area contributed by atoms with Crippen LogP contribution in [0.2, 0.25) is 0 Å². The zero-order valence-corrected chi connectivity index (χ0v) is 10.4. The SMILES string of the molecule is CCN(CC)CC[C@@]1(C#N)C[C@H]2C=C[C@H]1C2. The summed E-state index contributed by atoms with van der Waals surface area (Å²) in [4.78, 5) is 2.43. The van der Waals surface area contributed by atoms with Crippen molar-refractivity contribution in [2.24, 2.45) is 17.3 Å².